The number of rotatable bonds is 5. The van der Waals surface area contributed by atoms with Crippen molar-refractivity contribution in [2.75, 3.05) is 19.8 Å². The molecule has 1 heterocycles. The summed E-state index contributed by atoms with van der Waals surface area (Å²) in [4.78, 5) is 0. The van der Waals surface area contributed by atoms with Crippen molar-refractivity contribution in [1.29, 1.82) is 0 Å². The largest absolute Gasteiger partial charge is 0.493 e. The maximum atomic E-state index is 5.87. The number of hydrogen-bond acceptors (Lipinski definition) is 3. The summed E-state index contributed by atoms with van der Waals surface area (Å²) in [5, 5.41) is 0. The minimum Gasteiger partial charge on any atom is -0.493 e. The van der Waals surface area contributed by atoms with Crippen molar-refractivity contribution in [3.63, 3.8) is 0 Å². The minimum atomic E-state index is -0.325. The maximum absolute atomic E-state index is 5.87. The van der Waals surface area contributed by atoms with Crippen LogP contribution in [0.5, 0.6) is 0 Å². The van der Waals surface area contributed by atoms with Gasteiger partial charge in [0.15, 0.2) is 5.79 Å². The minimum absolute atomic E-state index is 0.325. The Hall–Kier alpha value is -0.580. The molecule has 1 saturated carbocycles. The molecule has 1 unspecified atom stereocenters. The first-order chi connectivity index (χ1) is 10.7. The van der Waals surface area contributed by atoms with Crippen molar-refractivity contribution >= 4 is 15.9 Å². The van der Waals surface area contributed by atoms with Gasteiger partial charge in [0.25, 0.3) is 0 Å². The topological polar surface area (TPSA) is 27.7 Å². The molecule has 4 heteroatoms. The molecule has 0 aromatic heterocycles. The van der Waals surface area contributed by atoms with Crippen molar-refractivity contribution in [1.82, 2.24) is 0 Å². The van der Waals surface area contributed by atoms with Gasteiger partial charge in [0, 0.05) is 17.3 Å². The molecule has 0 amide bonds. The molecule has 1 atom stereocenters. The van der Waals surface area contributed by atoms with E-state index in [-0.39, 0.29) is 5.79 Å². The molecule has 0 aromatic carbocycles. The van der Waals surface area contributed by atoms with Crippen LogP contribution in [0, 0.1) is 5.92 Å². The molecule has 0 N–H and O–H groups in total. The second kappa shape index (κ2) is 10.2. The van der Waals surface area contributed by atoms with Crippen LogP contribution in [-0.4, -0.2) is 25.6 Å². The van der Waals surface area contributed by atoms with Crippen molar-refractivity contribution in [3.8, 4) is 0 Å². The van der Waals surface area contributed by atoms with Crippen molar-refractivity contribution in [2.45, 2.75) is 52.2 Å². The summed E-state index contributed by atoms with van der Waals surface area (Å²) >= 11 is 3.45. The van der Waals surface area contributed by atoms with Crippen LogP contribution in [0.3, 0.4) is 0 Å². The van der Waals surface area contributed by atoms with Crippen LogP contribution < -0.4 is 0 Å². The Kier molecular flexibility index (Phi) is 9.06. The molecule has 2 rings (SSSR count). The van der Waals surface area contributed by atoms with E-state index < -0.39 is 0 Å². The van der Waals surface area contributed by atoms with Gasteiger partial charge in [-0.2, -0.15) is 0 Å². The first kappa shape index (κ1) is 19.5. The van der Waals surface area contributed by atoms with Gasteiger partial charge >= 0.3 is 0 Å². The highest BCUT2D eigenvalue weighted by Gasteiger charge is 2.41. The SMILES string of the molecule is C=C/C(=C\C(Br)=C/C)OCC1CCCC2(C1)OCCO2.CC. The zero-order chi connectivity index (χ0) is 16.4. The van der Waals surface area contributed by atoms with Crippen LogP contribution in [0.2, 0.25) is 0 Å². The highest BCUT2D eigenvalue weighted by atomic mass is 79.9. The van der Waals surface area contributed by atoms with Crippen molar-refractivity contribution < 1.29 is 14.2 Å². The summed E-state index contributed by atoms with van der Waals surface area (Å²) in [7, 11) is 0. The highest BCUT2D eigenvalue weighted by molar-refractivity contribution is 9.11. The normalized spacial score (nSPS) is 24.6. The summed E-state index contributed by atoms with van der Waals surface area (Å²) in [6.45, 7) is 11.9. The second-order valence-electron chi connectivity index (χ2n) is 5.31. The predicted molar refractivity (Wildman–Crippen MR) is 94.9 cm³/mol. The molecule has 1 spiro atoms. The molecule has 3 nitrogen and oxygen atoms in total. The molecule has 1 aliphatic carbocycles. The lowest BCUT2D eigenvalue weighted by molar-refractivity contribution is -0.189. The smallest absolute Gasteiger partial charge is 0.168 e. The first-order valence-electron chi connectivity index (χ1n) is 8.24. The monoisotopic (exact) mass is 372 g/mol. The maximum Gasteiger partial charge on any atom is 0.168 e. The Morgan fingerprint density at radius 1 is 1.36 bits per heavy atom. The number of halogens is 1. The molecule has 1 aliphatic heterocycles. The van der Waals surface area contributed by atoms with Gasteiger partial charge in [-0.1, -0.05) is 42.4 Å². The fraction of sp³-hybridized carbons (Fsp3) is 0.667. The van der Waals surface area contributed by atoms with Crippen LogP contribution in [-0.2, 0) is 14.2 Å². The average molecular weight is 373 g/mol. The van der Waals surface area contributed by atoms with Crippen LogP contribution in [0.25, 0.3) is 0 Å². The zero-order valence-electron chi connectivity index (χ0n) is 14.1. The van der Waals surface area contributed by atoms with E-state index in [1.165, 1.54) is 6.42 Å². The summed E-state index contributed by atoms with van der Waals surface area (Å²) in [5.41, 5.74) is 0. The molecule has 2 aliphatic rings. The third kappa shape index (κ3) is 5.90. The quantitative estimate of drug-likeness (QED) is 0.482. The van der Waals surface area contributed by atoms with E-state index in [1.54, 1.807) is 6.08 Å². The standard InChI is InChI=1S/C16H23BrO3.C2H6/c1-3-14(17)10-15(4-2)18-12-13-6-5-7-16(11-13)19-8-9-20-16;1-2/h3-4,10,13H,2,5-9,11-12H2,1H3;1-2H3/b14-3+,15-10+;. The van der Waals surface area contributed by atoms with Gasteiger partial charge < -0.3 is 14.2 Å². The molecular formula is C18H29BrO3. The summed E-state index contributed by atoms with van der Waals surface area (Å²) in [6, 6.07) is 0. The van der Waals surface area contributed by atoms with E-state index in [2.05, 4.69) is 22.5 Å². The van der Waals surface area contributed by atoms with Crippen molar-refractivity contribution in [2.24, 2.45) is 5.92 Å². The summed E-state index contributed by atoms with van der Waals surface area (Å²) < 4.78 is 18.5. The molecule has 0 bridgehead atoms. The lowest BCUT2D eigenvalue weighted by atomic mass is 9.85. The molecule has 1 saturated heterocycles. The second-order valence-corrected chi connectivity index (χ2v) is 6.22. The molecular weight excluding hydrogens is 344 g/mol. The van der Waals surface area contributed by atoms with Crippen molar-refractivity contribution in [3.05, 3.63) is 35.0 Å². The van der Waals surface area contributed by atoms with Crippen LogP contribution in [0.4, 0.5) is 0 Å². The lowest BCUT2D eigenvalue weighted by Gasteiger charge is -2.36. The van der Waals surface area contributed by atoms with Gasteiger partial charge in [-0.15, -0.1) is 0 Å². The van der Waals surface area contributed by atoms with Gasteiger partial charge in [0.2, 0.25) is 0 Å². The molecule has 22 heavy (non-hydrogen) atoms. The van der Waals surface area contributed by atoms with Gasteiger partial charge in [-0.3, -0.25) is 0 Å². The van der Waals surface area contributed by atoms with E-state index >= 15 is 0 Å². The third-order valence-electron chi connectivity index (χ3n) is 3.83. The van der Waals surface area contributed by atoms with E-state index in [4.69, 9.17) is 14.2 Å². The first-order valence-corrected chi connectivity index (χ1v) is 9.03. The Bertz CT molecular complexity index is 395. The van der Waals surface area contributed by atoms with Gasteiger partial charge in [-0.25, -0.2) is 0 Å². The van der Waals surface area contributed by atoms with Crippen LogP contribution in [0.15, 0.2) is 35.0 Å². The van der Waals surface area contributed by atoms with Gasteiger partial charge in [0.1, 0.15) is 5.76 Å². The van der Waals surface area contributed by atoms with E-state index in [9.17, 15) is 0 Å². The van der Waals surface area contributed by atoms with Gasteiger partial charge in [-0.05, 0) is 37.8 Å². The number of hydrogen-bond donors (Lipinski definition) is 0. The third-order valence-corrected chi connectivity index (χ3v) is 4.51. The highest BCUT2D eigenvalue weighted by Crippen LogP contribution is 2.39. The molecule has 126 valence electrons. The fourth-order valence-electron chi connectivity index (χ4n) is 2.80. The molecule has 2 fully saturated rings. The fourth-order valence-corrected chi connectivity index (χ4v) is 3.02. The predicted octanol–water partition coefficient (Wildman–Crippen LogP) is 5.33. The Labute approximate surface area is 143 Å². The molecule has 0 radical (unpaired) electrons. The van der Waals surface area contributed by atoms with Gasteiger partial charge in [0.05, 0.1) is 19.8 Å². The molecule has 0 aromatic rings. The van der Waals surface area contributed by atoms with E-state index in [0.717, 1.165) is 42.7 Å². The van der Waals surface area contributed by atoms with E-state index in [0.29, 0.717) is 12.5 Å². The summed E-state index contributed by atoms with van der Waals surface area (Å²) in [5.74, 6) is 0.950. The lowest BCUT2D eigenvalue weighted by Crippen LogP contribution is -2.37. The Balaban J connectivity index is 0.00000116. The van der Waals surface area contributed by atoms with E-state index in [1.807, 2.05) is 32.9 Å². The zero-order valence-corrected chi connectivity index (χ0v) is 15.7. The number of ether oxygens (including phenoxy) is 3. The van der Waals surface area contributed by atoms with Crippen LogP contribution in [0.1, 0.15) is 46.5 Å². The van der Waals surface area contributed by atoms with Crippen LogP contribution >= 0.6 is 15.9 Å². The average Bonchev–Trinajstić information content (AvgIpc) is 3.00. The number of allylic oxidation sites excluding steroid dienone is 4. The Morgan fingerprint density at radius 2 is 2.05 bits per heavy atom. The summed E-state index contributed by atoms with van der Waals surface area (Å²) in [6.07, 6.45) is 9.91. The Morgan fingerprint density at radius 3 is 2.64 bits per heavy atom.